The number of benzene rings is 2. The minimum absolute atomic E-state index is 0.267. The summed E-state index contributed by atoms with van der Waals surface area (Å²) in [6, 6.07) is 11.5. The molecular formula is C16H18BrNO2. The predicted octanol–water partition coefficient (Wildman–Crippen LogP) is 3.82. The number of hydrogen-bond donors (Lipinski definition) is 1. The van der Waals surface area contributed by atoms with Gasteiger partial charge in [-0.2, -0.15) is 0 Å². The van der Waals surface area contributed by atoms with E-state index >= 15 is 0 Å². The Kier molecular flexibility index (Phi) is 4.68. The van der Waals surface area contributed by atoms with Gasteiger partial charge in [0.05, 0.1) is 20.3 Å². The number of hydrogen-bond acceptors (Lipinski definition) is 3. The third kappa shape index (κ3) is 3.14. The summed E-state index contributed by atoms with van der Waals surface area (Å²) in [6.45, 7) is 2.05. The SMILES string of the molecule is COc1ccc(OC)c(C(N)c2cc(C)cc(Br)c2)c1. The second-order valence-electron chi connectivity index (χ2n) is 4.65. The molecule has 0 aliphatic carbocycles. The Hall–Kier alpha value is -1.52. The maximum atomic E-state index is 6.40. The first-order chi connectivity index (χ1) is 9.55. The molecule has 0 spiro atoms. The van der Waals surface area contributed by atoms with Crippen LogP contribution in [-0.4, -0.2) is 14.2 Å². The molecule has 0 aliphatic rings. The van der Waals surface area contributed by atoms with Crippen molar-refractivity contribution in [3.8, 4) is 11.5 Å². The Morgan fingerprint density at radius 3 is 2.40 bits per heavy atom. The van der Waals surface area contributed by atoms with E-state index in [1.54, 1.807) is 14.2 Å². The first kappa shape index (κ1) is 14.9. The van der Waals surface area contributed by atoms with Gasteiger partial charge in [-0.05, 0) is 48.4 Å². The zero-order valence-corrected chi connectivity index (χ0v) is 13.4. The maximum absolute atomic E-state index is 6.40. The van der Waals surface area contributed by atoms with Crippen LogP contribution in [0.2, 0.25) is 0 Å². The molecule has 0 heterocycles. The first-order valence-corrected chi connectivity index (χ1v) is 7.09. The van der Waals surface area contributed by atoms with Crippen molar-refractivity contribution in [1.82, 2.24) is 0 Å². The Morgan fingerprint density at radius 2 is 1.80 bits per heavy atom. The molecule has 3 nitrogen and oxygen atoms in total. The molecule has 1 atom stereocenters. The summed E-state index contributed by atoms with van der Waals surface area (Å²) >= 11 is 3.51. The minimum atomic E-state index is -0.267. The smallest absolute Gasteiger partial charge is 0.124 e. The predicted molar refractivity (Wildman–Crippen MR) is 84.5 cm³/mol. The van der Waals surface area contributed by atoms with Crippen molar-refractivity contribution in [3.05, 3.63) is 57.6 Å². The quantitative estimate of drug-likeness (QED) is 0.923. The maximum Gasteiger partial charge on any atom is 0.124 e. The van der Waals surface area contributed by atoms with Crippen LogP contribution in [0.3, 0.4) is 0 Å². The highest BCUT2D eigenvalue weighted by atomic mass is 79.9. The van der Waals surface area contributed by atoms with Gasteiger partial charge in [-0.1, -0.05) is 22.0 Å². The molecule has 2 aromatic rings. The molecule has 4 heteroatoms. The molecule has 0 radical (unpaired) electrons. The Bertz CT molecular complexity index is 593. The van der Waals surface area contributed by atoms with E-state index in [2.05, 4.69) is 28.1 Å². The van der Waals surface area contributed by atoms with E-state index in [0.29, 0.717) is 0 Å². The fourth-order valence-electron chi connectivity index (χ4n) is 2.21. The highest BCUT2D eigenvalue weighted by Crippen LogP contribution is 2.32. The zero-order chi connectivity index (χ0) is 14.7. The lowest BCUT2D eigenvalue weighted by molar-refractivity contribution is 0.397. The Morgan fingerprint density at radius 1 is 1.05 bits per heavy atom. The number of halogens is 1. The van der Waals surface area contributed by atoms with Crippen LogP contribution in [0.25, 0.3) is 0 Å². The average Bonchev–Trinajstić information content (AvgIpc) is 2.44. The first-order valence-electron chi connectivity index (χ1n) is 6.29. The van der Waals surface area contributed by atoms with Crippen molar-refractivity contribution in [3.63, 3.8) is 0 Å². The van der Waals surface area contributed by atoms with Gasteiger partial charge in [0.25, 0.3) is 0 Å². The van der Waals surface area contributed by atoms with E-state index in [1.165, 1.54) is 0 Å². The van der Waals surface area contributed by atoms with Gasteiger partial charge in [0.1, 0.15) is 11.5 Å². The molecule has 0 saturated heterocycles. The number of aryl methyl sites for hydroxylation is 1. The summed E-state index contributed by atoms with van der Waals surface area (Å²) in [5.74, 6) is 1.53. The molecule has 2 N–H and O–H groups in total. The molecule has 0 bridgehead atoms. The van der Waals surface area contributed by atoms with Gasteiger partial charge in [0, 0.05) is 10.0 Å². The minimum Gasteiger partial charge on any atom is -0.497 e. The van der Waals surface area contributed by atoms with Crippen molar-refractivity contribution >= 4 is 15.9 Å². The second-order valence-corrected chi connectivity index (χ2v) is 5.56. The van der Waals surface area contributed by atoms with Gasteiger partial charge < -0.3 is 15.2 Å². The monoisotopic (exact) mass is 335 g/mol. The lowest BCUT2D eigenvalue weighted by Crippen LogP contribution is -2.13. The summed E-state index contributed by atoms with van der Waals surface area (Å²) in [5.41, 5.74) is 9.49. The van der Waals surface area contributed by atoms with Gasteiger partial charge >= 0.3 is 0 Å². The largest absolute Gasteiger partial charge is 0.497 e. The normalized spacial score (nSPS) is 12.1. The van der Waals surface area contributed by atoms with Crippen LogP contribution < -0.4 is 15.2 Å². The summed E-state index contributed by atoms with van der Waals surface area (Å²) in [6.07, 6.45) is 0. The molecule has 0 amide bonds. The van der Waals surface area contributed by atoms with Crippen molar-refractivity contribution in [1.29, 1.82) is 0 Å². The molecular weight excluding hydrogens is 318 g/mol. The molecule has 1 unspecified atom stereocenters. The van der Waals surface area contributed by atoms with Crippen LogP contribution in [0.15, 0.2) is 40.9 Å². The molecule has 0 aromatic heterocycles. The van der Waals surface area contributed by atoms with E-state index in [-0.39, 0.29) is 6.04 Å². The lowest BCUT2D eigenvalue weighted by Gasteiger charge is -2.18. The van der Waals surface area contributed by atoms with Crippen LogP contribution in [0.1, 0.15) is 22.7 Å². The number of ether oxygens (including phenoxy) is 2. The Balaban J connectivity index is 2.48. The van der Waals surface area contributed by atoms with Gasteiger partial charge in [0.2, 0.25) is 0 Å². The van der Waals surface area contributed by atoms with Crippen molar-refractivity contribution in [2.24, 2.45) is 5.73 Å². The number of rotatable bonds is 4. The van der Waals surface area contributed by atoms with Crippen LogP contribution in [-0.2, 0) is 0 Å². The van der Waals surface area contributed by atoms with Crippen molar-refractivity contribution in [2.75, 3.05) is 14.2 Å². The highest BCUT2D eigenvalue weighted by Gasteiger charge is 2.16. The molecule has 106 valence electrons. The summed E-state index contributed by atoms with van der Waals surface area (Å²) < 4.78 is 11.7. The molecule has 0 aliphatic heterocycles. The molecule has 2 aromatic carbocycles. The fourth-order valence-corrected chi connectivity index (χ4v) is 2.83. The summed E-state index contributed by atoms with van der Waals surface area (Å²) in [7, 11) is 3.28. The molecule has 0 fully saturated rings. The molecule has 0 saturated carbocycles. The van der Waals surface area contributed by atoms with Crippen LogP contribution in [0, 0.1) is 6.92 Å². The number of methoxy groups -OCH3 is 2. The van der Waals surface area contributed by atoms with E-state index < -0.39 is 0 Å². The van der Waals surface area contributed by atoms with E-state index in [9.17, 15) is 0 Å². The van der Waals surface area contributed by atoms with Gasteiger partial charge in [-0.25, -0.2) is 0 Å². The van der Waals surface area contributed by atoms with Crippen LogP contribution in [0.5, 0.6) is 11.5 Å². The van der Waals surface area contributed by atoms with Crippen molar-refractivity contribution in [2.45, 2.75) is 13.0 Å². The van der Waals surface area contributed by atoms with Crippen LogP contribution in [0.4, 0.5) is 0 Å². The van der Waals surface area contributed by atoms with Crippen molar-refractivity contribution < 1.29 is 9.47 Å². The van der Waals surface area contributed by atoms with Gasteiger partial charge in [-0.15, -0.1) is 0 Å². The van der Waals surface area contributed by atoms with Gasteiger partial charge in [-0.3, -0.25) is 0 Å². The third-order valence-electron chi connectivity index (χ3n) is 3.20. The summed E-state index contributed by atoms with van der Waals surface area (Å²) in [5, 5.41) is 0. The Labute approximate surface area is 127 Å². The van der Waals surface area contributed by atoms with E-state index in [0.717, 1.165) is 32.7 Å². The van der Waals surface area contributed by atoms with E-state index in [1.807, 2.05) is 31.2 Å². The molecule has 20 heavy (non-hydrogen) atoms. The standard InChI is InChI=1S/C16H18BrNO2/c1-10-6-11(8-12(17)7-10)16(18)14-9-13(19-2)4-5-15(14)20-3/h4-9,16H,18H2,1-3H3. The average molecular weight is 336 g/mol. The lowest BCUT2D eigenvalue weighted by atomic mass is 9.97. The van der Waals surface area contributed by atoms with E-state index in [4.69, 9.17) is 15.2 Å². The zero-order valence-electron chi connectivity index (χ0n) is 11.8. The molecule has 2 rings (SSSR count). The highest BCUT2D eigenvalue weighted by molar-refractivity contribution is 9.10. The topological polar surface area (TPSA) is 44.5 Å². The number of nitrogens with two attached hydrogens (primary N) is 1. The fraction of sp³-hybridized carbons (Fsp3) is 0.250. The second kappa shape index (κ2) is 6.29. The summed E-state index contributed by atoms with van der Waals surface area (Å²) in [4.78, 5) is 0. The third-order valence-corrected chi connectivity index (χ3v) is 3.65. The van der Waals surface area contributed by atoms with Crippen LogP contribution >= 0.6 is 15.9 Å². The van der Waals surface area contributed by atoms with Gasteiger partial charge in [0.15, 0.2) is 0 Å².